The van der Waals surface area contributed by atoms with E-state index in [0.29, 0.717) is 30.0 Å². The number of para-hydroxylation sites is 1. The lowest BCUT2D eigenvalue weighted by Crippen LogP contribution is -2.36. The van der Waals surface area contributed by atoms with E-state index in [4.69, 9.17) is 9.84 Å². The van der Waals surface area contributed by atoms with Crippen LogP contribution in [0.5, 0.6) is 5.75 Å². The quantitative estimate of drug-likeness (QED) is 0.851. The molecule has 0 unspecified atom stereocenters. The Morgan fingerprint density at radius 2 is 2.29 bits per heavy atom. The van der Waals surface area contributed by atoms with Crippen LogP contribution in [0.1, 0.15) is 16.8 Å². The predicted octanol–water partition coefficient (Wildman–Crippen LogP) is 1.17. The lowest BCUT2D eigenvalue weighted by atomic mass is 9.99. The molecule has 0 amide bonds. The number of ether oxygens (including phenoxy) is 1. The van der Waals surface area contributed by atoms with Gasteiger partial charge in [-0.3, -0.25) is 9.59 Å². The van der Waals surface area contributed by atoms with Crippen molar-refractivity contribution in [1.29, 1.82) is 0 Å². The van der Waals surface area contributed by atoms with Crippen LogP contribution in [0.15, 0.2) is 18.2 Å². The van der Waals surface area contributed by atoms with Crippen molar-refractivity contribution in [2.24, 2.45) is 0 Å². The van der Waals surface area contributed by atoms with Crippen LogP contribution in [0.2, 0.25) is 0 Å². The first-order valence-corrected chi connectivity index (χ1v) is 5.30. The molecular weight excluding hydrogens is 222 g/mol. The highest BCUT2D eigenvalue weighted by Gasteiger charge is 2.27. The molecule has 0 fully saturated rings. The summed E-state index contributed by atoms with van der Waals surface area (Å²) < 4.78 is 5.19. The lowest BCUT2D eigenvalue weighted by molar-refractivity contribution is -0.135. The summed E-state index contributed by atoms with van der Waals surface area (Å²) >= 11 is 0. The molecule has 5 heteroatoms. The van der Waals surface area contributed by atoms with E-state index in [9.17, 15) is 9.59 Å². The highest BCUT2D eigenvalue weighted by atomic mass is 16.5. The molecule has 1 aromatic rings. The average Bonchev–Trinajstić information content (AvgIpc) is 2.31. The van der Waals surface area contributed by atoms with Gasteiger partial charge in [0.15, 0.2) is 5.78 Å². The van der Waals surface area contributed by atoms with E-state index in [1.165, 1.54) is 7.11 Å². The standard InChI is InChI=1S/C12H13NO4/c1-17-10-4-2-3-8-9(14)5-6-13(12(8)10)7-11(15)16/h2-4H,5-7H2,1H3,(H,15,16). The van der Waals surface area contributed by atoms with Crippen molar-refractivity contribution in [3.8, 4) is 5.75 Å². The third-order valence-corrected chi connectivity index (χ3v) is 2.77. The number of benzene rings is 1. The summed E-state index contributed by atoms with van der Waals surface area (Å²) in [5, 5.41) is 8.85. The molecule has 2 rings (SSSR count). The first-order chi connectivity index (χ1) is 8.13. The Labute approximate surface area is 98.6 Å². The van der Waals surface area contributed by atoms with Gasteiger partial charge in [-0.2, -0.15) is 0 Å². The van der Waals surface area contributed by atoms with Gasteiger partial charge in [0.1, 0.15) is 12.3 Å². The van der Waals surface area contributed by atoms with Gasteiger partial charge in [0.2, 0.25) is 0 Å². The molecule has 1 N–H and O–H groups in total. The zero-order chi connectivity index (χ0) is 12.4. The van der Waals surface area contributed by atoms with E-state index in [1.54, 1.807) is 23.1 Å². The average molecular weight is 235 g/mol. The van der Waals surface area contributed by atoms with Crippen LogP contribution in [0, 0.1) is 0 Å². The molecule has 0 saturated carbocycles. The van der Waals surface area contributed by atoms with Crippen molar-refractivity contribution < 1.29 is 19.4 Å². The summed E-state index contributed by atoms with van der Waals surface area (Å²) in [6, 6.07) is 5.17. The minimum atomic E-state index is -0.920. The lowest BCUT2D eigenvalue weighted by Gasteiger charge is -2.30. The molecule has 17 heavy (non-hydrogen) atoms. The molecule has 0 radical (unpaired) electrons. The predicted molar refractivity (Wildman–Crippen MR) is 61.8 cm³/mol. The van der Waals surface area contributed by atoms with Crippen molar-refractivity contribution in [1.82, 2.24) is 0 Å². The summed E-state index contributed by atoms with van der Waals surface area (Å²) in [5.41, 5.74) is 1.13. The van der Waals surface area contributed by atoms with E-state index < -0.39 is 5.97 Å². The molecule has 0 aliphatic carbocycles. The molecule has 0 aromatic heterocycles. The van der Waals surface area contributed by atoms with E-state index in [2.05, 4.69) is 0 Å². The first kappa shape index (κ1) is 11.4. The number of rotatable bonds is 3. The van der Waals surface area contributed by atoms with Crippen LogP contribution in [0.25, 0.3) is 0 Å². The molecule has 0 spiro atoms. The summed E-state index contributed by atoms with van der Waals surface area (Å²) in [6.45, 7) is 0.291. The Morgan fingerprint density at radius 1 is 1.53 bits per heavy atom. The van der Waals surface area contributed by atoms with Crippen LogP contribution in [0.3, 0.4) is 0 Å². The minimum absolute atomic E-state index is 0.0283. The van der Waals surface area contributed by atoms with Gasteiger partial charge < -0.3 is 14.7 Å². The molecule has 0 atom stereocenters. The minimum Gasteiger partial charge on any atom is -0.495 e. The molecule has 1 aliphatic rings. The highest BCUT2D eigenvalue weighted by molar-refractivity contribution is 6.05. The monoisotopic (exact) mass is 235 g/mol. The number of anilines is 1. The van der Waals surface area contributed by atoms with Gasteiger partial charge >= 0.3 is 5.97 Å². The number of nitrogens with zero attached hydrogens (tertiary/aromatic N) is 1. The Bertz CT molecular complexity index is 470. The van der Waals surface area contributed by atoms with Crippen molar-refractivity contribution in [3.05, 3.63) is 23.8 Å². The Kier molecular flexibility index (Phi) is 2.99. The van der Waals surface area contributed by atoms with E-state index >= 15 is 0 Å². The van der Waals surface area contributed by atoms with Crippen molar-refractivity contribution in [2.75, 3.05) is 25.1 Å². The van der Waals surface area contributed by atoms with Gasteiger partial charge in [0.05, 0.1) is 12.8 Å². The smallest absolute Gasteiger partial charge is 0.323 e. The molecule has 1 heterocycles. The van der Waals surface area contributed by atoms with Gasteiger partial charge in [0, 0.05) is 18.5 Å². The Morgan fingerprint density at radius 3 is 2.94 bits per heavy atom. The number of hydrogen-bond donors (Lipinski definition) is 1. The van der Waals surface area contributed by atoms with Gasteiger partial charge in [0.25, 0.3) is 0 Å². The van der Waals surface area contributed by atoms with Crippen molar-refractivity contribution in [3.63, 3.8) is 0 Å². The zero-order valence-electron chi connectivity index (χ0n) is 9.47. The molecule has 0 bridgehead atoms. The fourth-order valence-corrected chi connectivity index (χ4v) is 2.04. The van der Waals surface area contributed by atoms with Gasteiger partial charge in [-0.15, -0.1) is 0 Å². The Balaban J connectivity index is 2.48. The number of carboxylic acids is 1. The second-order valence-corrected chi connectivity index (χ2v) is 3.84. The molecule has 90 valence electrons. The molecule has 5 nitrogen and oxygen atoms in total. The molecule has 1 aromatic carbocycles. The third kappa shape index (κ3) is 2.08. The fraction of sp³-hybridized carbons (Fsp3) is 0.333. The number of carbonyl (C=O) groups excluding carboxylic acids is 1. The number of methoxy groups -OCH3 is 1. The fourth-order valence-electron chi connectivity index (χ4n) is 2.04. The van der Waals surface area contributed by atoms with Crippen LogP contribution >= 0.6 is 0 Å². The van der Waals surface area contributed by atoms with Crippen LogP contribution in [0.4, 0.5) is 5.69 Å². The zero-order valence-corrected chi connectivity index (χ0v) is 9.47. The van der Waals surface area contributed by atoms with Crippen molar-refractivity contribution >= 4 is 17.4 Å². The number of ketones is 1. The summed E-state index contributed by atoms with van der Waals surface area (Å²) in [7, 11) is 1.51. The van der Waals surface area contributed by atoms with Crippen LogP contribution in [-0.2, 0) is 4.79 Å². The van der Waals surface area contributed by atoms with Gasteiger partial charge in [-0.1, -0.05) is 6.07 Å². The third-order valence-electron chi connectivity index (χ3n) is 2.77. The number of fused-ring (bicyclic) bond motifs is 1. The van der Waals surface area contributed by atoms with Gasteiger partial charge in [-0.25, -0.2) is 0 Å². The molecule has 0 saturated heterocycles. The maximum atomic E-state index is 11.8. The number of carbonyl (C=O) groups is 2. The van der Waals surface area contributed by atoms with E-state index in [1.807, 2.05) is 0 Å². The summed E-state index contributed by atoms with van der Waals surface area (Å²) in [6.07, 6.45) is 0.341. The van der Waals surface area contributed by atoms with Crippen LogP contribution < -0.4 is 9.64 Å². The maximum Gasteiger partial charge on any atom is 0.323 e. The van der Waals surface area contributed by atoms with E-state index in [0.717, 1.165) is 0 Å². The van der Waals surface area contributed by atoms with Gasteiger partial charge in [-0.05, 0) is 12.1 Å². The topological polar surface area (TPSA) is 66.8 Å². The van der Waals surface area contributed by atoms with E-state index in [-0.39, 0.29) is 12.3 Å². The number of hydrogen-bond acceptors (Lipinski definition) is 4. The molecular formula is C12H13NO4. The second-order valence-electron chi connectivity index (χ2n) is 3.84. The van der Waals surface area contributed by atoms with Crippen molar-refractivity contribution in [2.45, 2.75) is 6.42 Å². The number of carboxylic acid groups (broad SMARTS) is 1. The summed E-state index contributed by atoms with van der Waals surface area (Å²) in [5.74, 6) is -0.353. The number of aliphatic carboxylic acids is 1. The first-order valence-electron chi connectivity index (χ1n) is 5.30. The normalized spacial score (nSPS) is 14.4. The van der Waals surface area contributed by atoms with Crippen LogP contribution in [-0.4, -0.2) is 37.1 Å². The largest absolute Gasteiger partial charge is 0.495 e. The Hall–Kier alpha value is -2.04. The molecule has 1 aliphatic heterocycles. The summed E-state index contributed by atoms with van der Waals surface area (Å²) in [4.78, 5) is 24.2. The second kappa shape index (κ2) is 4.45. The SMILES string of the molecule is COc1cccc2c1N(CC(=O)O)CCC2=O. The number of Topliss-reactive ketones (excluding diaryl/α,β-unsaturated/α-hetero) is 1. The highest BCUT2D eigenvalue weighted by Crippen LogP contribution is 2.35. The maximum absolute atomic E-state index is 11.8.